The summed E-state index contributed by atoms with van der Waals surface area (Å²) >= 11 is 0. The van der Waals surface area contributed by atoms with Crippen molar-refractivity contribution in [3.8, 4) is 18.1 Å². The minimum absolute atomic E-state index is 0.540. The first kappa shape index (κ1) is 10.3. The molecule has 2 rings (SSSR count). The molecular weight excluding hydrogens is 198 g/mol. The molecule has 2 aromatic rings. The highest BCUT2D eigenvalue weighted by atomic mass is 16.5. The fraction of sp³-hybridized carbons (Fsp3) is 0.0714. The molecule has 0 saturated carbocycles. The van der Waals surface area contributed by atoms with E-state index < -0.39 is 0 Å². The third-order valence-electron chi connectivity index (χ3n) is 2.18. The average molecular weight is 209 g/mol. The Bertz CT molecular complexity index is 482. The summed E-state index contributed by atoms with van der Waals surface area (Å²) in [4.78, 5) is 3.95. The van der Waals surface area contributed by atoms with E-state index in [9.17, 15) is 0 Å². The molecule has 2 heteroatoms. The zero-order valence-corrected chi connectivity index (χ0v) is 8.76. The lowest BCUT2D eigenvalue weighted by Crippen LogP contribution is -1.95. The number of terminal acetylenes is 1. The summed E-state index contributed by atoms with van der Waals surface area (Å²) in [5.74, 6) is 3.38. The average Bonchev–Trinajstić information content (AvgIpc) is 2.38. The van der Waals surface area contributed by atoms with Crippen LogP contribution in [0.2, 0.25) is 0 Å². The lowest BCUT2D eigenvalue weighted by Gasteiger charge is -2.05. The van der Waals surface area contributed by atoms with Crippen LogP contribution in [-0.4, -0.2) is 4.98 Å². The van der Waals surface area contributed by atoms with E-state index in [0.717, 1.165) is 16.9 Å². The Kier molecular flexibility index (Phi) is 3.20. The van der Waals surface area contributed by atoms with Crippen LogP contribution >= 0.6 is 0 Å². The number of benzene rings is 1. The minimum Gasteiger partial charge on any atom is -0.489 e. The zero-order chi connectivity index (χ0) is 11.2. The number of rotatable bonds is 3. The molecule has 1 aromatic heterocycles. The highest BCUT2D eigenvalue weighted by molar-refractivity contribution is 5.36. The van der Waals surface area contributed by atoms with Gasteiger partial charge in [0.1, 0.15) is 12.4 Å². The van der Waals surface area contributed by atoms with Crippen LogP contribution in [-0.2, 0) is 6.61 Å². The van der Waals surface area contributed by atoms with Gasteiger partial charge >= 0.3 is 0 Å². The number of aromatic nitrogens is 1. The Labute approximate surface area is 94.9 Å². The normalized spacial score (nSPS) is 9.44. The summed E-state index contributed by atoms with van der Waals surface area (Å²) in [6.07, 6.45) is 8.77. The maximum atomic E-state index is 5.60. The van der Waals surface area contributed by atoms with Gasteiger partial charge in [-0.25, -0.2) is 0 Å². The van der Waals surface area contributed by atoms with Crippen LogP contribution in [0.15, 0.2) is 48.8 Å². The largest absolute Gasteiger partial charge is 0.489 e. The van der Waals surface area contributed by atoms with Crippen LogP contribution in [0.4, 0.5) is 0 Å². The van der Waals surface area contributed by atoms with Crippen molar-refractivity contribution in [2.24, 2.45) is 0 Å². The second-order valence-electron chi connectivity index (χ2n) is 3.31. The van der Waals surface area contributed by atoms with E-state index in [4.69, 9.17) is 11.2 Å². The van der Waals surface area contributed by atoms with Gasteiger partial charge in [-0.05, 0) is 42.0 Å². The maximum absolute atomic E-state index is 5.60. The predicted molar refractivity (Wildman–Crippen MR) is 62.9 cm³/mol. The van der Waals surface area contributed by atoms with Gasteiger partial charge in [0.15, 0.2) is 0 Å². The van der Waals surface area contributed by atoms with Gasteiger partial charge < -0.3 is 4.74 Å². The molecule has 0 spiro atoms. The van der Waals surface area contributed by atoms with Gasteiger partial charge in [0.2, 0.25) is 0 Å². The van der Waals surface area contributed by atoms with E-state index in [0.29, 0.717) is 6.61 Å². The molecule has 78 valence electrons. The molecule has 16 heavy (non-hydrogen) atoms. The van der Waals surface area contributed by atoms with Gasteiger partial charge in [0, 0.05) is 18.0 Å². The Balaban J connectivity index is 1.98. The molecule has 0 aliphatic rings. The topological polar surface area (TPSA) is 22.1 Å². The van der Waals surface area contributed by atoms with Crippen molar-refractivity contribution in [1.29, 1.82) is 0 Å². The highest BCUT2D eigenvalue weighted by Gasteiger charge is 1.95. The van der Waals surface area contributed by atoms with E-state index >= 15 is 0 Å². The van der Waals surface area contributed by atoms with Gasteiger partial charge in [-0.3, -0.25) is 4.98 Å². The summed E-state index contributed by atoms with van der Waals surface area (Å²) in [6.45, 7) is 0.540. The van der Waals surface area contributed by atoms with Crippen molar-refractivity contribution < 1.29 is 4.74 Å². The van der Waals surface area contributed by atoms with E-state index in [-0.39, 0.29) is 0 Å². The van der Waals surface area contributed by atoms with Crippen molar-refractivity contribution in [3.05, 3.63) is 59.9 Å². The first-order valence-corrected chi connectivity index (χ1v) is 4.97. The van der Waals surface area contributed by atoms with Crippen LogP contribution in [0.1, 0.15) is 11.1 Å². The quantitative estimate of drug-likeness (QED) is 0.725. The lowest BCUT2D eigenvalue weighted by molar-refractivity contribution is 0.306. The van der Waals surface area contributed by atoms with E-state index in [1.54, 1.807) is 12.4 Å². The number of ether oxygens (including phenoxy) is 1. The number of hydrogen-bond donors (Lipinski definition) is 0. The Morgan fingerprint density at radius 2 is 1.75 bits per heavy atom. The van der Waals surface area contributed by atoms with Crippen LogP contribution < -0.4 is 4.74 Å². The summed E-state index contributed by atoms with van der Waals surface area (Å²) in [5.41, 5.74) is 1.95. The summed E-state index contributed by atoms with van der Waals surface area (Å²) in [7, 11) is 0. The summed E-state index contributed by atoms with van der Waals surface area (Å²) in [5, 5.41) is 0. The molecule has 0 atom stereocenters. The molecule has 0 fully saturated rings. The molecule has 0 saturated heterocycles. The fourth-order valence-corrected chi connectivity index (χ4v) is 1.29. The van der Waals surface area contributed by atoms with E-state index in [1.807, 2.05) is 36.4 Å². The molecule has 2 nitrogen and oxygen atoms in total. The molecule has 0 unspecified atom stereocenters. The lowest BCUT2D eigenvalue weighted by atomic mass is 10.2. The molecule has 0 N–H and O–H groups in total. The first-order valence-electron chi connectivity index (χ1n) is 4.97. The number of hydrogen-bond acceptors (Lipinski definition) is 2. The second kappa shape index (κ2) is 4.99. The second-order valence-corrected chi connectivity index (χ2v) is 3.31. The van der Waals surface area contributed by atoms with Crippen molar-refractivity contribution in [2.45, 2.75) is 6.61 Å². The summed E-state index contributed by atoms with van der Waals surface area (Å²) < 4.78 is 5.60. The minimum atomic E-state index is 0.540. The molecule has 1 aromatic carbocycles. The third kappa shape index (κ3) is 2.61. The van der Waals surface area contributed by atoms with Gasteiger partial charge in [-0.2, -0.15) is 0 Å². The van der Waals surface area contributed by atoms with Crippen LogP contribution in [0.3, 0.4) is 0 Å². The highest BCUT2D eigenvalue weighted by Crippen LogP contribution is 2.13. The van der Waals surface area contributed by atoms with Crippen molar-refractivity contribution in [1.82, 2.24) is 4.98 Å². The van der Waals surface area contributed by atoms with Crippen molar-refractivity contribution in [2.75, 3.05) is 0 Å². The SMILES string of the molecule is C#Cc1ccc(OCc2ccncc2)cc1. The monoisotopic (exact) mass is 209 g/mol. The first-order chi connectivity index (χ1) is 7.88. The van der Waals surface area contributed by atoms with Crippen molar-refractivity contribution >= 4 is 0 Å². The van der Waals surface area contributed by atoms with Gasteiger partial charge in [0.05, 0.1) is 0 Å². The van der Waals surface area contributed by atoms with Crippen LogP contribution in [0.5, 0.6) is 5.75 Å². The van der Waals surface area contributed by atoms with Crippen LogP contribution in [0.25, 0.3) is 0 Å². The molecule has 1 heterocycles. The zero-order valence-electron chi connectivity index (χ0n) is 8.76. The Morgan fingerprint density at radius 3 is 2.38 bits per heavy atom. The smallest absolute Gasteiger partial charge is 0.119 e. The molecule has 0 bridgehead atoms. The van der Waals surface area contributed by atoms with Gasteiger partial charge in [0.25, 0.3) is 0 Å². The van der Waals surface area contributed by atoms with Gasteiger partial charge in [-0.15, -0.1) is 6.42 Å². The molecule has 0 amide bonds. The Hall–Kier alpha value is -2.27. The number of nitrogens with zero attached hydrogens (tertiary/aromatic N) is 1. The van der Waals surface area contributed by atoms with E-state index in [2.05, 4.69) is 10.9 Å². The molecule has 0 radical (unpaired) electrons. The Morgan fingerprint density at radius 1 is 1.06 bits per heavy atom. The standard InChI is InChI=1S/C14H11NO/c1-2-12-3-5-14(6-4-12)16-11-13-7-9-15-10-8-13/h1,3-10H,11H2. The van der Waals surface area contributed by atoms with E-state index in [1.165, 1.54) is 0 Å². The van der Waals surface area contributed by atoms with Crippen molar-refractivity contribution in [3.63, 3.8) is 0 Å². The predicted octanol–water partition coefficient (Wildman–Crippen LogP) is 2.64. The van der Waals surface area contributed by atoms with Gasteiger partial charge in [-0.1, -0.05) is 5.92 Å². The molecule has 0 aliphatic carbocycles. The molecular formula is C14H11NO. The maximum Gasteiger partial charge on any atom is 0.119 e. The summed E-state index contributed by atoms with van der Waals surface area (Å²) in [6, 6.07) is 11.3. The fourth-order valence-electron chi connectivity index (χ4n) is 1.29. The molecule has 0 aliphatic heterocycles. The number of pyridine rings is 1. The third-order valence-corrected chi connectivity index (χ3v) is 2.18. The van der Waals surface area contributed by atoms with Crippen LogP contribution in [0, 0.1) is 12.3 Å².